The van der Waals surface area contributed by atoms with Gasteiger partial charge < -0.3 is 11.1 Å². The van der Waals surface area contributed by atoms with E-state index in [9.17, 15) is 4.79 Å². The first kappa shape index (κ1) is 16.4. The molecule has 0 rings (SSSR count). The highest BCUT2D eigenvalue weighted by Gasteiger charge is 2.28. The van der Waals surface area contributed by atoms with Crippen LogP contribution in [0.25, 0.3) is 0 Å². The van der Waals surface area contributed by atoms with Gasteiger partial charge in [0.05, 0.1) is 10.9 Å². The fourth-order valence-electron chi connectivity index (χ4n) is 1.39. The third kappa shape index (κ3) is 5.02. The van der Waals surface area contributed by atoms with E-state index in [0.29, 0.717) is 12.5 Å². The molecule has 1 atom stereocenters. The number of nitrogens with two attached hydrogens (primary N) is 1. The van der Waals surface area contributed by atoms with Crippen LogP contribution in [-0.4, -0.2) is 17.4 Å². The molecule has 0 aromatic heterocycles. The van der Waals surface area contributed by atoms with Crippen LogP contribution in [0.4, 0.5) is 0 Å². The Balaban J connectivity index is 4.49. The van der Waals surface area contributed by atoms with Crippen molar-refractivity contribution in [3.8, 4) is 0 Å². The summed E-state index contributed by atoms with van der Waals surface area (Å²) in [4.78, 5) is 12.3. The summed E-state index contributed by atoms with van der Waals surface area (Å²) in [6, 6.07) is 0. The lowest BCUT2D eigenvalue weighted by molar-refractivity contribution is -0.124. The monoisotopic (exact) mass is 258 g/mol. The van der Waals surface area contributed by atoms with E-state index in [4.69, 9.17) is 18.0 Å². The number of thiocarbonyl (C=S) groups is 1. The first-order valence-electron chi connectivity index (χ1n) is 6.16. The average Bonchev–Trinajstić information content (AvgIpc) is 2.13. The van der Waals surface area contributed by atoms with Crippen molar-refractivity contribution in [1.29, 1.82) is 0 Å². The van der Waals surface area contributed by atoms with Gasteiger partial charge in [0, 0.05) is 6.54 Å². The second-order valence-electron chi connectivity index (χ2n) is 5.99. The molecule has 1 unspecified atom stereocenters. The van der Waals surface area contributed by atoms with Crippen LogP contribution in [0.5, 0.6) is 0 Å². The van der Waals surface area contributed by atoms with Crippen LogP contribution in [-0.2, 0) is 4.79 Å². The molecule has 0 aromatic carbocycles. The van der Waals surface area contributed by atoms with E-state index < -0.39 is 0 Å². The van der Waals surface area contributed by atoms with Gasteiger partial charge >= 0.3 is 0 Å². The SMILES string of the molecule is CC(C)C(C(=O)NCC(C)(C)C(C)C)C(N)=S. The van der Waals surface area contributed by atoms with E-state index in [-0.39, 0.29) is 28.1 Å². The Morgan fingerprint density at radius 1 is 1.29 bits per heavy atom. The van der Waals surface area contributed by atoms with E-state index >= 15 is 0 Å². The van der Waals surface area contributed by atoms with Gasteiger partial charge in [0.15, 0.2) is 0 Å². The van der Waals surface area contributed by atoms with Crippen molar-refractivity contribution >= 4 is 23.1 Å². The minimum atomic E-state index is -0.368. The maximum atomic E-state index is 12.0. The van der Waals surface area contributed by atoms with Gasteiger partial charge in [-0.2, -0.15) is 0 Å². The highest BCUT2D eigenvalue weighted by atomic mass is 32.1. The predicted octanol–water partition coefficient (Wildman–Crippen LogP) is 2.34. The van der Waals surface area contributed by atoms with Crippen LogP contribution >= 0.6 is 12.2 Å². The normalized spacial score (nSPS) is 13.9. The molecule has 3 N–H and O–H groups in total. The van der Waals surface area contributed by atoms with Crippen molar-refractivity contribution in [1.82, 2.24) is 5.32 Å². The number of hydrogen-bond donors (Lipinski definition) is 2. The topological polar surface area (TPSA) is 55.1 Å². The average molecular weight is 258 g/mol. The van der Waals surface area contributed by atoms with Gasteiger partial charge in [-0.3, -0.25) is 4.79 Å². The molecule has 0 heterocycles. The molecule has 1 amide bonds. The third-order valence-electron chi connectivity index (χ3n) is 3.54. The summed E-state index contributed by atoms with van der Waals surface area (Å²) in [6.45, 7) is 13.1. The fraction of sp³-hybridized carbons (Fsp3) is 0.846. The number of amides is 1. The lowest BCUT2D eigenvalue weighted by Crippen LogP contribution is -2.44. The smallest absolute Gasteiger partial charge is 0.230 e. The molecule has 0 aliphatic heterocycles. The Bertz CT molecular complexity index is 285. The molecule has 0 aromatic rings. The minimum Gasteiger partial charge on any atom is -0.393 e. The highest BCUT2D eigenvalue weighted by molar-refractivity contribution is 7.80. The van der Waals surface area contributed by atoms with Crippen LogP contribution in [0, 0.1) is 23.2 Å². The summed E-state index contributed by atoms with van der Waals surface area (Å²) in [5.74, 6) is 0.217. The van der Waals surface area contributed by atoms with Crippen LogP contribution in [0.15, 0.2) is 0 Å². The lowest BCUT2D eigenvalue weighted by Gasteiger charge is -2.30. The molecule has 0 spiro atoms. The van der Waals surface area contributed by atoms with Crippen molar-refractivity contribution in [3.63, 3.8) is 0 Å². The Kier molecular flexibility index (Phi) is 6.10. The van der Waals surface area contributed by atoms with Crippen molar-refractivity contribution < 1.29 is 4.79 Å². The Morgan fingerprint density at radius 2 is 1.76 bits per heavy atom. The molecule has 0 bridgehead atoms. The zero-order valence-electron chi connectivity index (χ0n) is 11.8. The van der Waals surface area contributed by atoms with Crippen LogP contribution < -0.4 is 11.1 Å². The molecule has 4 heteroatoms. The lowest BCUT2D eigenvalue weighted by atomic mass is 9.81. The van der Waals surface area contributed by atoms with Gasteiger partial charge in [-0.1, -0.05) is 53.8 Å². The van der Waals surface area contributed by atoms with Crippen molar-refractivity contribution in [2.24, 2.45) is 28.9 Å². The highest BCUT2D eigenvalue weighted by Crippen LogP contribution is 2.25. The molecule has 0 saturated heterocycles. The summed E-state index contributed by atoms with van der Waals surface area (Å²) in [5.41, 5.74) is 5.69. The number of rotatable bonds is 6. The van der Waals surface area contributed by atoms with Gasteiger partial charge in [-0.15, -0.1) is 0 Å². The van der Waals surface area contributed by atoms with Crippen LogP contribution in [0.1, 0.15) is 41.5 Å². The summed E-state index contributed by atoms with van der Waals surface area (Å²) in [7, 11) is 0. The van der Waals surface area contributed by atoms with Gasteiger partial charge in [0.1, 0.15) is 0 Å². The number of nitrogens with one attached hydrogen (secondary N) is 1. The van der Waals surface area contributed by atoms with E-state index in [2.05, 4.69) is 33.0 Å². The zero-order valence-corrected chi connectivity index (χ0v) is 12.6. The zero-order chi connectivity index (χ0) is 13.8. The van der Waals surface area contributed by atoms with E-state index in [1.54, 1.807) is 0 Å². The maximum absolute atomic E-state index is 12.0. The van der Waals surface area contributed by atoms with Gasteiger partial charge in [0.25, 0.3) is 0 Å². The Hall–Kier alpha value is -0.640. The molecular weight excluding hydrogens is 232 g/mol. The molecule has 0 saturated carbocycles. The number of carbonyl (C=O) groups excluding carboxylic acids is 1. The Labute approximate surface area is 111 Å². The van der Waals surface area contributed by atoms with Crippen molar-refractivity contribution in [2.45, 2.75) is 41.5 Å². The summed E-state index contributed by atoms with van der Waals surface area (Å²) < 4.78 is 0. The largest absolute Gasteiger partial charge is 0.393 e. The summed E-state index contributed by atoms with van der Waals surface area (Å²) in [6.07, 6.45) is 0. The van der Waals surface area contributed by atoms with Gasteiger partial charge in [-0.25, -0.2) is 0 Å². The molecule has 0 aliphatic carbocycles. The van der Waals surface area contributed by atoms with Crippen molar-refractivity contribution in [2.75, 3.05) is 6.54 Å². The minimum absolute atomic E-state index is 0.0544. The maximum Gasteiger partial charge on any atom is 0.230 e. The molecule has 0 radical (unpaired) electrons. The standard InChI is InChI=1S/C13H26N2OS/c1-8(2)10(11(14)17)12(16)15-7-13(5,6)9(3)4/h8-10H,7H2,1-6H3,(H2,14,17)(H,15,16). The molecule has 0 fully saturated rings. The first-order valence-corrected chi connectivity index (χ1v) is 6.57. The molecular formula is C13H26N2OS. The quantitative estimate of drug-likeness (QED) is 0.719. The van der Waals surface area contributed by atoms with E-state index in [1.807, 2.05) is 13.8 Å². The number of hydrogen-bond acceptors (Lipinski definition) is 2. The van der Waals surface area contributed by atoms with E-state index in [0.717, 1.165) is 0 Å². The summed E-state index contributed by atoms with van der Waals surface area (Å²) >= 11 is 4.95. The van der Waals surface area contributed by atoms with E-state index in [1.165, 1.54) is 0 Å². The van der Waals surface area contributed by atoms with Gasteiger partial charge in [0.2, 0.25) is 5.91 Å². The second-order valence-corrected chi connectivity index (χ2v) is 6.46. The molecule has 17 heavy (non-hydrogen) atoms. The third-order valence-corrected chi connectivity index (χ3v) is 3.79. The molecule has 3 nitrogen and oxygen atoms in total. The van der Waals surface area contributed by atoms with Crippen LogP contribution in [0.3, 0.4) is 0 Å². The molecule has 100 valence electrons. The summed E-state index contributed by atoms with van der Waals surface area (Å²) in [5, 5.41) is 2.96. The molecule has 0 aliphatic rings. The number of carbonyl (C=O) groups is 1. The van der Waals surface area contributed by atoms with Crippen molar-refractivity contribution in [3.05, 3.63) is 0 Å². The predicted molar refractivity (Wildman–Crippen MR) is 76.7 cm³/mol. The van der Waals surface area contributed by atoms with Crippen LogP contribution in [0.2, 0.25) is 0 Å². The van der Waals surface area contributed by atoms with Gasteiger partial charge in [-0.05, 0) is 17.3 Å². The fourth-order valence-corrected chi connectivity index (χ4v) is 1.77. The first-order chi connectivity index (χ1) is 7.59. The second kappa shape index (κ2) is 6.34. The Morgan fingerprint density at radius 3 is 2.06 bits per heavy atom.